The number of nitrogens with zero attached hydrogens (tertiary/aromatic N) is 3. The van der Waals surface area contributed by atoms with Crippen LogP contribution in [-0.4, -0.2) is 40.8 Å². The van der Waals surface area contributed by atoms with Gasteiger partial charge in [0.05, 0.1) is 19.7 Å². The highest BCUT2D eigenvalue weighted by molar-refractivity contribution is 5.32. The van der Waals surface area contributed by atoms with Crippen molar-refractivity contribution in [2.45, 2.75) is 57.3 Å². The quantitative estimate of drug-likeness (QED) is 0.835. The van der Waals surface area contributed by atoms with E-state index in [9.17, 15) is 0 Å². The third kappa shape index (κ3) is 3.55. The number of aryl methyl sites for hydroxylation is 1. The van der Waals surface area contributed by atoms with Crippen LogP contribution < -0.4 is 10.1 Å². The van der Waals surface area contributed by atoms with Crippen LogP contribution in [0.15, 0.2) is 28.7 Å². The highest BCUT2D eigenvalue weighted by Gasteiger charge is 2.42. The van der Waals surface area contributed by atoms with E-state index in [4.69, 9.17) is 9.15 Å². The van der Waals surface area contributed by atoms with Gasteiger partial charge in [-0.3, -0.25) is 4.90 Å². The lowest BCUT2D eigenvalue weighted by Crippen LogP contribution is -2.36. The van der Waals surface area contributed by atoms with E-state index in [0.717, 1.165) is 31.2 Å². The molecule has 1 aliphatic heterocycles. The van der Waals surface area contributed by atoms with Gasteiger partial charge in [-0.25, -0.2) is 0 Å². The van der Waals surface area contributed by atoms with E-state index < -0.39 is 0 Å². The SMILES string of the molecule is CCc1nnc(CN[C@@H]2CCN(C3CC3)[C@H]2c2cccc(OC)c2)o1. The summed E-state index contributed by atoms with van der Waals surface area (Å²) >= 11 is 0. The summed E-state index contributed by atoms with van der Waals surface area (Å²) in [5.74, 6) is 2.29. The van der Waals surface area contributed by atoms with Crippen molar-refractivity contribution in [3.05, 3.63) is 41.6 Å². The Bertz CT molecular complexity index is 713. The first-order chi connectivity index (χ1) is 12.3. The fraction of sp³-hybridized carbons (Fsp3) is 0.579. The van der Waals surface area contributed by atoms with E-state index in [1.807, 2.05) is 13.0 Å². The average molecular weight is 342 g/mol. The van der Waals surface area contributed by atoms with Gasteiger partial charge in [0, 0.05) is 25.0 Å². The molecule has 2 heterocycles. The Morgan fingerprint density at radius 3 is 2.80 bits per heavy atom. The summed E-state index contributed by atoms with van der Waals surface area (Å²) in [5, 5.41) is 11.8. The molecule has 2 atom stereocenters. The number of benzene rings is 1. The summed E-state index contributed by atoms with van der Waals surface area (Å²) in [6.45, 7) is 3.78. The fourth-order valence-electron chi connectivity index (χ4n) is 3.82. The zero-order chi connectivity index (χ0) is 17.2. The maximum Gasteiger partial charge on any atom is 0.230 e. The van der Waals surface area contributed by atoms with Gasteiger partial charge >= 0.3 is 0 Å². The lowest BCUT2D eigenvalue weighted by molar-refractivity contribution is 0.224. The van der Waals surface area contributed by atoms with Crippen LogP contribution in [0.2, 0.25) is 0 Å². The van der Waals surface area contributed by atoms with Crippen molar-refractivity contribution in [3.63, 3.8) is 0 Å². The number of hydrogen-bond acceptors (Lipinski definition) is 6. The first-order valence-corrected chi connectivity index (χ1v) is 9.23. The van der Waals surface area contributed by atoms with Gasteiger partial charge in [0.1, 0.15) is 5.75 Å². The van der Waals surface area contributed by atoms with Crippen LogP contribution in [0.5, 0.6) is 5.75 Å². The largest absolute Gasteiger partial charge is 0.497 e. The Balaban J connectivity index is 1.51. The molecular formula is C19H26N4O2. The highest BCUT2D eigenvalue weighted by atomic mass is 16.5. The molecule has 2 aromatic rings. The molecule has 0 radical (unpaired) electrons. The number of aromatic nitrogens is 2. The Morgan fingerprint density at radius 2 is 2.08 bits per heavy atom. The van der Waals surface area contributed by atoms with Crippen molar-refractivity contribution in [1.82, 2.24) is 20.4 Å². The van der Waals surface area contributed by atoms with Gasteiger partial charge < -0.3 is 14.5 Å². The molecule has 0 amide bonds. The third-order valence-electron chi connectivity index (χ3n) is 5.21. The molecule has 134 valence electrons. The summed E-state index contributed by atoms with van der Waals surface area (Å²) in [7, 11) is 1.73. The zero-order valence-corrected chi connectivity index (χ0v) is 14.9. The lowest BCUT2D eigenvalue weighted by atomic mass is 9.99. The van der Waals surface area contributed by atoms with E-state index >= 15 is 0 Å². The second-order valence-corrected chi connectivity index (χ2v) is 6.91. The van der Waals surface area contributed by atoms with Gasteiger partial charge in [0.2, 0.25) is 11.8 Å². The molecule has 1 saturated carbocycles. The van der Waals surface area contributed by atoms with Crippen molar-refractivity contribution in [2.24, 2.45) is 0 Å². The molecule has 2 fully saturated rings. The molecule has 6 nitrogen and oxygen atoms in total. The predicted octanol–water partition coefficient (Wildman–Crippen LogP) is 2.71. The first-order valence-electron chi connectivity index (χ1n) is 9.23. The van der Waals surface area contributed by atoms with E-state index in [-0.39, 0.29) is 0 Å². The Hall–Kier alpha value is -1.92. The van der Waals surface area contributed by atoms with Gasteiger partial charge in [-0.05, 0) is 37.0 Å². The van der Waals surface area contributed by atoms with Crippen molar-refractivity contribution in [2.75, 3.05) is 13.7 Å². The summed E-state index contributed by atoms with van der Waals surface area (Å²) in [4.78, 5) is 2.65. The standard InChI is InChI=1S/C19H26N4O2/c1-3-17-21-22-18(25-17)12-20-16-9-10-23(14-7-8-14)19(16)13-5-4-6-15(11-13)24-2/h4-6,11,14,16,19-20H,3,7-10,12H2,1-2H3/t16-,19+/m1/s1. The Labute approximate surface area is 148 Å². The van der Waals surface area contributed by atoms with Gasteiger partial charge in [0.25, 0.3) is 0 Å². The summed E-state index contributed by atoms with van der Waals surface area (Å²) in [5.41, 5.74) is 1.32. The van der Waals surface area contributed by atoms with Crippen LogP contribution >= 0.6 is 0 Å². The molecule has 1 aliphatic carbocycles. The number of ether oxygens (including phenoxy) is 1. The molecule has 2 aliphatic rings. The lowest BCUT2D eigenvalue weighted by Gasteiger charge is -2.29. The van der Waals surface area contributed by atoms with Crippen LogP contribution in [0.1, 0.15) is 49.6 Å². The molecule has 1 saturated heterocycles. The normalized spacial score (nSPS) is 23.9. The first kappa shape index (κ1) is 16.5. The molecule has 0 unspecified atom stereocenters. The minimum Gasteiger partial charge on any atom is -0.497 e. The van der Waals surface area contributed by atoms with E-state index in [2.05, 4.69) is 38.6 Å². The highest BCUT2D eigenvalue weighted by Crippen LogP contribution is 2.41. The van der Waals surface area contributed by atoms with Crippen molar-refractivity contribution in [1.29, 1.82) is 0 Å². The molecule has 25 heavy (non-hydrogen) atoms. The zero-order valence-electron chi connectivity index (χ0n) is 14.9. The minimum absolute atomic E-state index is 0.371. The summed E-state index contributed by atoms with van der Waals surface area (Å²) in [6.07, 6.45) is 4.54. The minimum atomic E-state index is 0.371. The summed E-state index contributed by atoms with van der Waals surface area (Å²) < 4.78 is 11.1. The number of rotatable bonds is 7. The molecule has 6 heteroatoms. The van der Waals surface area contributed by atoms with Crippen molar-refractivity contribution < 1.29 is 9.15 Å². The van der Waals surface area contributed by atoms with Gasteiger partial charge in [-0.2, -0.15) is 0 Å². The smallest absolute Gasteiger partial charge is 0.230 e. The summed E-state index contributed by atoms with van der Waals surface area (Å²) in [6, 6.07) is 9.96. The van der Waals surface area contributed by atoms with Gasteiger partial charge in [-0.15, -0.1) is 10.2 Å². The average Bonchev–Trinajstić information content (AvgIpc) is 3.24. The number of methoxy groups -OCH3 is 1. The van der Waals surface area contributed by atoms with Crippen LogP contribution in [-0.2, 0) is 13.0 Å². The Kier molecular flexibility index (Phi) is 4.72. The molecule has 0 spiro atoms. The maximum absolute atomic E-state index is 5.64. The number of hydrogen-bond donors (Lipinski definition) is 1. The monoisotopic (exact) mass is 342 g/mol. The molecule has 1 aromatic heterocycles. The third-order valence-corrected chi connectivity index (χ3v) is 5.21. The van der Waals surface area contributed by atoms with Crippen LogP contribution in [0.3, 0.4) is 0 Å². The fourth-order valence-corrected chi connectivity index (χ4v) is 3.82. The van der Waals surface area contributed by atoms with Crippen LogP contribution in [0.25, 0.3) is 0 Å². The number of nitrogens with one attached hydrogen (secondary N) is 1. The topological polar surface area (TPSA) is 63.4 Å². The molecule has 0 bridgehead atoms. The second kappa shape index (κ2) is 7.14. The molecular weight excluding hydrogens is 316 g/mol. The van der Waals surface area contributed by atoms with Crippen LogP contribution in [0, 0.1) is 0 Å². The molecule has 1 aromatic carbocycles. The van der Waals surface area contributed by atoms with E-state index in [1.54, 1.807) is 7.11 Å². The van der Waals surface area contributed by atoms with Gasteiger partial charge in [-0.1, -0.05) is 19.1 Å². The molecule has 1 N–H and O–H groups in total. The maximum atomic E-state index is 5.64. The van der Waals surface area contributed by atoms with Crippen molar-refractivity contribution >= 4 is 0 Å². The van der Waals surface area contributed by atoms with Crippen LogP contribution in [0.4, 0.5) is 0 Å². The predicted molar refractivity (Wildman–Crippen MR) is 94.4 cm³/mol. The Morgan fingerprint density at radius 1 is 1.24 bits per heavy atom. The van der Waals surface area contributed by atoms with E-state index in [1.165, 1.54) is 18.4 Å². The van der Waals surface area contributed by atoms with Crippen molar-refractivity contribution in [3.8, 4) is 5.75 Å². The number of likely N-dealkylation sites (tertiary alicyclic amines) is 1. The van der Waals surface area contributed by atoms with Gasteiger partial charge in [0.15, 0.2) is 0 Å². The molecule has 4 rings (SSSR count). The van der Waals surface area contributed by atoms with E-state index in [0.29, 0.717) is 30.4 Å². The second-order valence-electron chi connectivity index (χ2n) is 6.91.